The second-order valence-electron chi connectivity index (χ2n) is 5.39. The number of hydrogen-bond acceptors (Lipinski definition) is 3. The Hall–Kier alpha value is -2.30. The van der Waals surface area contributed by atoms with E-state index in [0.29, 0.717) is 17.5 Å². The first-order valence-corrected chi connectivity index (χ1v) is 7.69. The molecule has 1 aromatic heterocycles. The van der Waals surface area contributed by atoms with Crippen molar-refractivity contribution in [3.05, 3.63) is 47.7 Å². The van der Waals surface area contributed by atoms with Crippen molar-refractivity contribution in [1.29, 1.82) is 0 Å². The first kappa shape index (κ1) is 16.1. The smallest absolute Gasteiger partial charge is 0.320 e. The fourth-order valence-corrected chi connectivity index (χ4v) is 2.61. The Balaban J connectivity index is 2.10. The maximum Gasteiger partial charge on any atom is 0.320 e. The molecule has 22 heavy (non-hydrogen) atoms. The molecular formula is C17H23N3O2. The number of carbonyl (C=O) groups excluding carboxylic acids is 1. The van der Waals surface area contributed by atoms with Crippen LogP contribution in [0.1, 0.15) is 44.1 Å². The molecule has 118 valence electrons. The summed E-state index contributed by atoms with van der Waals surface area (Å²) in [4.78, 5) is 12.2. The SMILES string of the molecule is CCC(CC)C(NC(=O)Nc1cc(C)on1)c1ccccc1. The van der Waals surface area contributed by atoms with Gasteiger partial charge in [-0.05, 0) is 18.4 Å². The Labute approximate surface area is 131 Å². The van der Waals surface area contributed by atoms with E-state index in [9.17, 15) is 4.79 Å². The van der Waals surface area contributed by atoms with Crippen LogP contribution >= 0.6 is 0 Å². The quantitative estimate of drug-likeness (QED) is 0.836. The number of benzene rings is 1. The third-order valence-electron chi connectivity index (χ3n) is 3.84. The van der Waals surface area contributed by atoms with E-state index in [0.717, 1.165) is 18.4 Å². The predicted molar refractivity (Wildman–Crippen MR) is 86.6 cm³/mol. The summed E-state index contributed by atoms with van der Waals surface area (Å²) >= 11 is 0. The number of anilines is 1. The molecule has 1 aromatic carbocycles. The Morgan fingerprint density at radius 1 is 1.23 bits per heavy atom. The van der Waals surface area contributed by atoms with Gasteiger partial charge in [0.25, 0.3) is 0 Å². The molecule has 0 saturated heterocycles. The van der Waals surface area contributed by atoms with Crippen molar-refractivity contribution >= 4 is 11.8 Å². The minimum Gasteiger partial charge on any atom is -0.360 e. The lowest BCUT2D eigenvalue weighted by Gasteiger charge is -2.26. The Bertz CT molecular complexity index is 591. The lowest BCUT2D eigenvalue weighted by Crippen LogP contribution is -2.36. The molecule has 0 saturated carbocycles. The number of carbonyl (C=O) groups is 1. The number of nitrogens with one attached hydrogen (secondary N) is 2. The number of urea groups is 1. The zero-order chi connectivity index (χ0) is 15.9. The van der Waals surface area contributed by atoms with Gasteiger partial charge in [0.1, 0.15) is 5.76 Å². The van der Waals surface area contributed by atoms with Crippen molar-refractivity contribution in [3.63, 3.8) is 0 Å². The van der Waals surface area contributed by atoms with Crippen LogP contribution in [-0.4, -0.2) is 11.2 Å². The summed E-state index contributed by atoms with van der Waals surface area (Å²) in [6.07, 6.45) is 2.00. The molecule has 0 radical (unpaired) electrons. The summed E-state index contributed by atoms with van der Waals surface area (Å²) in [5.74, 6) is 1.47. The molecule has 1 heterocycles. The van der Waals surface area contributed by atoms with E-state index in [1.54, 1.807) is 13.0 Å². The molecule has 0 aliphatic heterocycles. The highest BCUT2D eigenvalue weighted by atomic mass is 16.5. The molecule has 2 rings (SSSR count). The largest absolute Gasteiger partial charge is 0.360 e. The summed E-state index contributed by atoms with van der Waals surface area (Å²) in [6.45, 7) is 6.07. The van der Waals surface area contributed by atoms with E-state index in [1.165, 1.54) is 0 Å². The van der Waals surface area contributed by atoms with E-state index in [1.807, 2.05) is 30.3 Å². The first-order chi connectivity index (χ1) is 10.6. The van der Waals surface area contributed by atoms with Gasteiger partial charge in [-0.3, -0.25) is 5.32 Å². The fourth-order valence-electron chi connectivity index (χ4n) is 2.61. The Morgan fingerprint density at radius 2 is 1.91 bits per heavy atom. The minimum atomic E-state index is -0.269. The lowest BCUT2D eigenvalue weighted by molar-refractivity contribution is 0.240. The predicted octanol–water partition coefficient (Wildman–Crippen LogP) is 4.28. The van der Waals surface area contributed by atoms with Crippen molar-refractivity contribution in [2.24, 2.45) is 5.92 Å². The van der Waals surface area contributed by atoms with Gasteiger partial charge in [0.05, 0.1) is 6.04 Å². The van der Waals surface area contributed by atoms with Gasteiger partial charge in [0.2, 0.25) is 0 Å². The fraction of sp³-hybridized carbons (Fsp3) is 0.412. The van der Waals surface area contributed by atoms with Gasteiger partial charge >= 0.3 is 6.03 Å². The van der Waals surface area contributed by atoms with E-state index in [2.05, 4.69) is 29.6 Å². The van der Waals surface area contributed by atoms with Crippen LogP contribution in [0.3, 0.4) is 0 Å². The highest BCUT2D eigenvalue weighted by Gasteiger charge is 2.22. The molecule has 0 aliphatic carbocycles. The van der Waals surface area contributed by atoms with Gasteiger partial charge < -0.3 is 9.84 Å². The van der Waals surface area contributed by atoms with Crippen LogP contribution in [-0.2, 0) is 0 Å². The number of nitrogens with zero attached hydrogens (tertiary/aromatic N) is 1. The van der Waals surface area contributed by atoms with Crippen molar-refractivity contribution < 1.29 is 9.32 Å². The molecule has 0 spiro atoms. The third kappa shape index (κ3) is 4.10. The summed E-state index contributed by atoms with van der Waals surface area (Å²) in [5.41, 5.74) is 1.11. The standard InChI is InChI=1S/C17H23N3O2/c1-4-13(5-2)16(14-9-7-6-8-10-14)19-17(21)18-15-11-12(3)22-20-15/h6-11,13,16H,4-5H2,1-3H3,(H2,18,19,20,21). The summed E-state index contributed by atoms with van der Waals surface area (Å²) in [5, 5.41) is 9.55. The Morgan fingerprint density at radius 3 is 2.45 bits per heavy atom. The van der Waals surface area contributed by atoms with Crippen LogP contribution < -0.4 is 10.6 Å². The van der Waals surface area contributed by atoms with E-state index < -0.39 is 0 Å². The molecule has 1 atom stereocenters. The van der Waals surface area contributed by atoms with Gasteiger partial charge in [-0.15, -0.1) is 0 Å². The molecule has 2 aromatic rings. The molecule has 2 amide bonds. The number of amides is 2. The molecule has 0 aliphatic rings. The molecular weight excluding hydrogens is 278 g/mol. The zero-order valence-electron chi connectivity index (χ0n) is 13.3. The molecule has 0 bridgehead atoms. The number of aryl methyl sites for hydroxylation is 1. The summed E-state index contributed by atoms with van der Waals surface area (Å²) in [6, 6.07) is 11.4. The third-order valence-corrected chi connectivity index (χ3v) is 3.84. The highest BCUT2D eigenvalue weighted by Crippen LogP contribution is 2.27. The molecule has 1 unspecified atom stereocenters. The lowest BCUT2D eigenvalue weighted by atomic mass is 9.89. The number of hydrogen-bond donors (Lipinski definition) is 2. The van der Waals surface area contributed by atoms with Gasteiger partial charge in [0.15, 0.2) is 5.82 Å². The maximum atomic E-state index is 12.2. The summed E-state index contributed by atoms with van der Waals surface area (Å²) in [7, 11) is 0. The molecule has 0 fully saturated rings. The van der Waals surface area contributed by atoms with Crippen molar-refractivity contribution in [2.45, 2.75) is 39.7 Å². The molecule has 5 nitrogen and oxygen atoms in total. The maximum absolute atomic E-state index is 12.2. The average Bonchev–Trinajstić information content (AvgIpc) is 2.93. The second kappa shape index (κ2) is 7.64. The average molecular weight is 301 g/mol. The Kier molecular flexibility index (Phi) is 5.58. The van der Waals surface area contributed by atoms with Crippen LogP contribution in [0.2, 0.25) is 0 Å². The topological polar surface area (TPSA) is 67.2 Å². The van der Waals surface area contributed by atoms with Crippen molar-refractivity contribution in [1.82, 2.24) is 10.5 Å². The first-order valence-electron chi connectivity index (χ1n) is 7.69. The second-order valence-corrected chi connectivity index (χ2v) is 5.39. The molecule has 5 heteroatoms. The highest BCUT2D eigenvalue weighted by molar-refractivity contribution is 5.88. The van der Waals surface area contributed by atoms with E-state index in [4.69, 9.17) is 4.52 Å². The minimum absolute atomic E-state index is 0.0239. The number of rotatable bonds is 6. The van der Waals surface area contributed by atoms with Crippen LogP contribution in [0.15, 0.2) is 40.9 Å². The van der Waals surface area contributed by atoms with Crippen LogP contribution in [0.5, 0.6) is 0 Å². The molecule has 2 N–H and O–H groups in total. The van der Waals surface area contributed by atoms with Crippen LogP contribution in [0, 0.1) is 12.8 Å². The summed E-state index contributed by atoms with van der Waals surface area (Å²) < 4.78 is 4.95. The monoisotopic (exact) mass is 301 g/mol. The van der Waals surface area contributed by atoms with E-state index in [-0.39, 0.29) is 12.1 Å². The normalized spacial score (nSPS) is 12.2. The van der Waals surface area contributed by atoms with Gasteiger partial charge in [-0.2, -0.15) is 0 Å². The van der Waals surface area contributed by atoms with Gasteiger partial charge in [0, 0.05) is 6.07 Å². The van der Waals surface area contributed by atoms with Gasteiger partial charge in [-0.25, -0.2) is 4.79 Å². The number of aromatic nitrogens is 1. The van der Waals surface area contributed by atoms with Crippen LogP contribution in [0.25, 0.3) is 0 Å². The zero-order valence-corrected chi connectivity index (χ0v) is 13.3. The van der Waals surface area contributed by atoms with E-state index >= 15 is 0 Å². The van der Waals surface area contributed by atoms with Crippen LogP contribution in [0.4, 0.5) is 10.6 Å². The van der Waals surface area contributed by atoms with Crippen molar-refractivity contribution in [2.75, 3.05) is 5.32 Å². The van der Waals surface area contributed by atoms with Gasteiger partial charge in [-0.1, -0.05) is 62.2 Å². The van der Waals surface area contributed by atoms with Crippen molar-refractivity contribution in [3.8, 4) is 0 Å².